The number of hydrogen-bond donors (Lipinski definition) is 1. The fourth-order valence-corrected chi connectivity index (χ4v) is 1.12. The number of amides is 2. The van der Waals surface area contributed by atoms with Crippen molar-refractivity contribution in [1.82, 2.24) is 4.90 Å². The Kier molecular flexibility index (Phi) is 2.94. The Morgan fingerprint density at radius 1 is 1.86 bits per heavy atom. The maximum Gasteiger partial charge on any atom is 0.346 e. The highest BCUT2D eigenvalue weighted by Crippen LogP contribution is 2.10. The van der Waals surface area contributed by atoms with Gasteiger partial charge in [-0.3, -0.25) is 0 Å². The van der Waals surface area contributed by atoms with Gasteiger partial charge in [0.2, 0.25) is 0 Å². The van der Waals surface area contributed by atoms with Crippen LogP contribution in [0, 0.1) is 12.3 Å². The van der Waals surface area contributed by atoms with E-state index in [9.17, 15) is 4.79 Å². The first-order valence-electron chi connectivity index (χ1n) is 3.79. The molecule has 0 aromatic carbocycles. The van der Waals surface area contributed by atoms with E-state index in [0.29, 0.717) is 0 Å². The number of nitrogens with zero attached hydrogens (tertiary/aromatic N) is 5. The Labute approximate surface area is 80.2 Å². The molecular weight excluding hydrogens is 184 g/mol. The second kappa shape index (κ2) is 4.16. The largest absolute Gasteiger partial charge is 0.385 e. The van der Waals surface area contributed by atoms with Gasteiger partial charge in [0.15, 0.2) is 0 Å². The summed E-state index contributed by atoms with van der Waals surface area (Å²) in [4.78, 5) is 18.6. The average molecular weight is 192 g/mol. The van der Waals surface area contributed by atoms with Crippen molar-refractivity contribution < 1.29 is 4.79 Å². The number of azide groups is 1. The van der Waals surface area contributed by atoms with E-state index >= 15 is 0 Å². The lowest BCUT2D eigenvalue weighted by molar-refractivity contribution is 0.214. The highest BCUT2D eigenvalue weighted by Gasteiger charge is 2.31. The molecule has 1 heterocycles. The molecule has 2 N–H and O–H groups in total. The molecule has 0 aromatic rings. The highest BCUT2D eigenvalue weighted by atomic mass is 16.2. The summed E-state index contributed by atoms with van der Waals surface area (Å²) in [5.74, 6) is 2.45. The first-order chi connectivity index (χ1) is 6.70. The van der Waals surface area contributed by atoms with E-state index in [1.54, 1.807) is 0 Å². The Balaban J connectivity index is 2.79. The normalized spacial score (nSPS) is 19.9. The van der Waals surface area contributed by atoms with Gasteiger partial charge in [-0.15, -0.1) is 6.42 Å². The zero-order valence-electron chi connectivity index (χ0n) is 7.29. The van der Waals surface area contributed by atoms with Gasteiger partial charge in [-0.05, 0) is 5.53 Å². The van der Waals surface area contributed by atoms with Crippen molar-refractivity contribution in [2.45, 2.75) is 6.04 Å². The second-order valence-electron chi connectivity index (χ2n) is 2.58. The molecule has 0 radical (unpaired) electrons. The quantitative estimate of drug-likeness (QED) is 0.296. The van der Waals surface area contributed by atoms with Crippen LogP contribution in [0.25, 0.3) is 10.4 Å². The van der Waals surface area contributed by atoms with E-state index < -0.39 is 12.1 Å². The predicted octanol–water partition coefficient (Wildman–Crippen LogP) is 0.0913. The van der Waals surface area contributed by atoms with E-state index in [1.807, 2.05) is 0 Å². The van der Waals surface area contributed by atoms with Crippen molar-refractivity contribution in [3.63, 3.8) is 0 Å². The van der Waals surface area contributed by atoms with Crippen LogP contribution in [0.15, 0.2) is 10.1 Å². The molecule has 0 fully saturated rings. The number of urea groups is 1. The lowest BCUT2D eigenvalue weighted by Gasteiger charge is -2.19. The zero-order valence-corrected chi connectivity index (χ0v) is 7.29. The van der Waals surface area contributed by atoms with Gasteiger partial charge in [-0.1, -0.05) is 11.0 Å². The van der Waals surface area contributed by atoms with Gasteiger partial charge in [-0.25, -0.2) is 4.79 Å². The van der Waals surface area contributed by atoms with Crippen LogP contribution >= 0.6 is 0 Å². The predicted molar refractivity (Wildman–Crippen MR) is 50.4 cm³/mol. The van der Waals surface area contributed by atoms with E-state index in [4.69, 9.17) is 17.7 Å². The summed E-state index contributed by atoms with van der Waals surface area (Å²) in [6.45, 7) is 0.161. The molecule has 14 heavy (non-hydrogen) atoms. The monoisotopic (exact) mass is 192 g/mol. The number of carbonyl (C=O) groups is 1. The number of aliphatic imine (C=N–C) groups is 1. The molecule has 72 valence electrons. The molecule has 1 rings (SSSR count). The molecule has 7 nitrogen and oxygen atoms in total. The standard InChI is InChI=1S/C7H8N6O/c1-2-3-13-5(4-10-12-9)6(8)11-7(13)14/h1,5H,3-4H2,(H2,8,11,14). The number of carbonyl (C=O) groups excluding carboxylic acids is 1. The third kappa shape index (κ3) is 1.76. The first-order valence-corrected chi connectivity index (χ1v) is 3.79. The summed E-state index contributed by atoms with van der Waals surface area (Å²) in [6.07, 6.45) is 5.07. The topological polar surface area (TPSA) is 107 Å². The van der Waals surface area contributed by atoms with Crippen LogP contribution in [0.1, 0.15) is 0 Å². The van der Waals surface area contributed by atoms with Gasteiger partial charge >= 0.3 is 6.03 Å². The molecule has 2 amide bonds. The van der Waals surface area contributed by atoms with E-state index in [2.05, 4.69) is 20.9 Å². The van der Waals surface area contributed by atoms with Gasteiger partial charge in [0.05, 0.1) is 19.1 Å². The van der Waals surface area contributed by atoms with Gasteiger partial charge in [-0.2, -0.15) is 4.99 Å². The fourth-order valence-electron chi connectivity index (χ4n) is 1.12. The molecule has 1 unspecified atom stereocenters. The van der Waals surface area contributed by atoms with Crippen LogP contribution in [-0.4, -0.2) is 35.9 Å². The molecule has 0 bridgehead atoms. The fraction of sp³-hybridized carbons (Fsp3) is 0.429. The van der Waals surface area contributed by atoms with Crippen molar-refractivity contribution in [3.05, 3.63) is 10.4 Å². The van der Waals surface area contributed by atoms with E-state index in [0.717, 1.165) is 0 Å². The molecule has 0 aliphatic carbocycles. The minimum Gasteiger partial charge on any atom is -0.385 e. The second-order valence-corrected chi connectivity index (χ2v) is 2.58. The number of terminal acetylenes is 1. The zero-order chi connectivity index (χ0) is 10.6. The molecule has 0 aromatic heterocycles. The summed E-state index contributed by atoms with van der Waals surface area (Å²) in [6, 6.07) is -0.993. The number of amidine groups is 1. The summed E-state index contributed by atoms with van der Waals surface area (Å²) >= 11 is 0. The molecular formula is C7H8N6O. The molecule has 0 spiro atoms. The Morgan fingerprint density at radius 2 is 2.57 bits per heavy atom. The van der Waals surface area contributed by atoms with Gasteiger partial charge < -0.3 is 10.6 Å². The smallest absolute Gasteiger partial charge is 0.346 e. The summed E-state index contributed by atoms with van der Waals surface area (Å²) in [7, 11) is 0. The van der Waals surface area contributed by atoms with Gasteiger partial charge in [0, 0.05) is 4.91 Å². The van der Waals surface area contributed by atoms with E-state index in [1.165, 1.54) is 4.90 Å². The SMILES string of the molecule is C#CCN1C(=O)N=C(N)C1CN=[N+]=[N-]. The number of nitrogens with two attached hydrogens (primary N) is 1. The molecule has 1 atom stereocenters. The van der Waals surface area contributed by atoms with Crippen LogP contribution < -0.4 is 5.73 Å². The summed E-state index contributed by atoms with van der Waals surface area (Å²) < 4.78 is 0. The number of hydrogen-bond acceptors (Lipinski definition) is 3. The first kappa shape index (κ1) is 9.89. The summed E-state index contributed by atoms with van der Waals surface area (Å²) in [5, 5.41) is 3.33. The Morgan fingerprint density at radius 3 is 3.14 bits per heavy atom. The third-order valence-electron chi connectivity index (χ3n) is 1.77. The van der Waals surface area contributed by atoms with Crippen LogP contribution in [0.4, 0.5) is 4.79 Å². The molecule has 1 aliphatic heterocycles. The van der Waals surface area contributed by atoms with Crippen molar-refractivity contribution >= 4 is 11.9 Å². The van der Waals surface area contributed by atoms with Crippen molar-refractivity contribution in [2.24, 2.45) is 15.8 Å². The molecule has 0 saturated heterocycles. The maximum atomic E-state index is 11.2. The Bertz CT molecular complexity index is 361. The van der Waals surface area contributed by atoms with Gasteiger partial charge in [0.25, 0.3) is 0 Å². The van der Waals surface area contributed by atoms with Crippen LogP contribution in [0.3, 0.4) is 0 Å². The third-order valence-corrected chi connectivity index (χ3v) is 1.77. The molecule has 7 heteroatoms. The lowest BCUT2D eigenvalue weighted by atomic mass is 10.2. The van der Waals surface area contributed by atoms with Crippen LogP contribution in [0.2, 0.25) is 0 Å². The van der Waals surface area contributed by atoms with Gasteiger partial charge in [0.1, 0.15) is 5.84 Å². The van der Waals surface area contributed by atoms with Crippen molar-refractivity contribution in [1.29, 1.82) is 0 Å². The summed E-state index contributed by atoms with van der Waals surface area (Å²) in [5.41, 5.74) is 13.6. The van der Waals surface area contributed by atoms with Crippen LogP contribution in [-0.2, 0) is 0 Å². The Hall–Kier alpha value is -2.19. The van der Waals surface area contributed by atoms with Crippen LogP contribution in [0.5, 0.6) is 0 Å². The average Bonchev–Trinajstić information content (AvgIpc) is 2.40. The minimum absolute atomic E-state index is 0.0548. The van der Waals surface area contributed by atoms with E-state index in [-0.39, 0.29) is 18.9 Å². The van der Waals surface area contributed by atoms with Crippen molar-refractivity contribution in [3.8, 4) is 12.3 Å². The number of rotatable bonds is 3. The van der Waals surface area contributed by atoms with Crippen molar-refractivity contribution in [2.75, 3.05) is 13.1 Å². The maximum absolute atomic E-state index is 11.2. The minimum atomic E-state index is -0.505. The lowest BCUT2D eigenvalue weighted by Crippen LogP contribution is -2.42. The molecule has 1 aliphatic rings. The highest BCUT2D eigenvalue weighted by molar-refractivity contribution is 6.03. The molecule has 0 saturated carbocycles.